The molecular weight excluding hydrogens is 268 g/mol. The van der Waals surface area contributed by atoms with Crippen molar-refractivity contribution < 1.29 is 4.74 Å². The lowest BCUT2D eigenvalue weighted by molar-refractivity contribution is 0.412. The summed E-state index contributed by atoms with van der Waals surface area (Å²) < 4.78 is 5.30. The van der Waals surface area contributed by atoms with Crippen molar-refractivity contribution in [3.63, 3.8) is 0 Å². The summed E-state index contributed by atoms with van der Waals surface area (Å²) in [6.45, 7) is 7.03. The molecule has 3 nitrogen and oxygen atoms in total. The van der Waals surface area contributed by atoms with Crippen LogP contribution in [0.3, 0.4) is 0 Å². The largest absolute Gasteiger partial charge is 0.496 e. The number of methoxy groups -OCH3 is 1. The van der Waals surface area contributed by atoms with E-state index in [1.807, 2.05) is 6.07 Å². The van der Waals surface area contributed by atoms with Gasteiger partial charge in [0.1, 0.15) is 10.8 Å². The third-order valence-electron chi connectivity index (χ3n) is 3.21. The van der Waals surface area contributed by atoms with Gasteiger partial charge in [-0.25, -0.2) is 4.98 Å². The Balaban J connectivity index is 2.37. The SMILES string of the molecule is COc1ccc(-c2nc(CC(C)C)c(CN)s2)cc1C. The second-order valence-corrected chi connectivity index (χ2v) is 6.46. The van der Waals surface area contributed by atoms with Crippen LogP contribution in [0.2, 0.25) is 0 Å². The maximum absolute atomic E-state index is 5.84. The van der Waals surface area contributed by atoms with E-state index in [9.17, 15) is 0 Å². The van der Waals surface area contributed by atoms with E-state index in [0.717, 1.165) is 34.0 Å². The van der Waals surface area contributed by atoms with E-state index >= 15 is 0 Å². The van der Waals surface area contributed by atoms with Crippen molar-refractivity contribution >= 4 is 11.3 Å². The third kappa shape index (κ3) is 3.19. The van der Waals surface area contributed by atoms with E-state index < -0.39 is 0 Å². The Bertz CT molecular complexity index is 590. The van der Waals surface area contributed by atoms with Crippen molar-refractivity contribution in [2.75, 3.05) is 7.11 Å². The van der Waals surface area contributed by atoms with Gasteiger partial charge in [0.2, 0.25) is 0 Å². The van der Waals surface area contributed by atoms with Crippen molar-refractivity contribution in [2.45, 2.75) is 33.7 Å². The predicted octanol–water partition coefficient (Wildman–Crippen LogP) is 3.78. The molecule has 4 heteroatoms. The molecule has 0 aliphatic rings. The van der Waals surface area contributed by atoms with E-state index in [2.05, 4.69) is 32.9 Å². The first-order chi connectivity index (χ1) is 9.55. The van der Waals surface area contributed by atoms with Gasteiger partial charge in [-0.15, -0.1) is 11.3 Å². The van der Waals surface area contributed by atoms with Gasteiger partial charge in [0.25, 0.3) is 0 Å². The van der Waals surface area contributed by atoms with Crippen LogP contribution in [0.4, 0.5) is 0 Å². The average Bonchev–Trinajstić information content (AvgIpc) is 2.80. The lowest BCUT2D eigenvalue weighted by Crippen LogP contribution is -2.01. The maximum atomic E-state index is 5.84. The van der Waals surface area contributed by atoms with Crippen molar-refractivity contribution in [1.29, 1.82) is 0 Å². The van der Waals surface area contributed by atoms with E-state index in [1.165, 1.54) is 4.88 Å². The maximum Gasteiger partial charge on any atom is 0.123 e. The standard InChI is InChI=1S/C16H22N2OS/c1-10(2)7-13-15(9-17)20-16(18-13)12-5-6-14(19-4)11(3)8-12/h5-6,8,10H,7,9,17H2,1-4H3. The van der Waals surface area contributed by atoms with Gasteiger partial charge in [-0.05, 0) is 43.0 Å². The van der Waals surface area contributed by atoms with Gasteiger partial charge in [-0.1, -0.05) is 13.8 Å². The van der Waals surface area contributed by atoms with E-state index in [-0.39, 0.29) is 0 Å². The summed E-state index contributed by atoms with van der Waals surface area (Å²) in [5.41, 5.74) is 9.25. The predicted molar refractivity (Wildman–Crippen MR) is 85.3 cm³/mol. The molecule has 0 saturated carbocycles. The number of hydrogen-bond donors (Lipinski definition) is 1. The molecule has 0 aliphatic carbocycles. The minimum Gasteiger partial charge on any atom is -0.496 e. The number of nitrogens with two attached hydrogens (primary N) is 1. The van der Waals surface area contributed by atoms with Crippen LogP contribution >= 0.6 is 11.3 Å². The molecule has 1 aromatic heterocycles. The molecule has 20 heavy (non-hydrogen) atoms. The van der Waals surface area contributed by atoms with Crippen LogP contribution in [-0.4, -0.2) is 12.1 Å². The molecule has 0 fully saturated rings. The molecular formula is C16H22N2OS. The fraction of sp³-hybridized carbons (Fsp3) is 0.438. The number of rotatable bonds is 5. The molecule has 1 aromatic carbocycles. The highest BCUT2D eigenvalue weighted by Crippen LogP contribution is 2.31. The van der Waals surface area contributed by atoms with Gasteiger partial charge >= 0.3 is 0 Å². The monoisotopic (exact) mass is 290 g/mol. The van der Waals surface area contributed by atoms with Crippen molar-refractivity contribution in [3.8, 4) is 16.3 Å². The molecule has 0 saturated heterocycles. The van der Waals surface area contributed by atoms with Crippen LogP contribution in [-0.2, 0) is 13.0 Å². The summed E-state index contributed by atoms with van der Waals surface area (Å²) in [4.78, 5) is 5.98. The summed E-state index contributed by atoms with van der Waals surface area (Å²) in [5.74, 6) is 1.50. The van der Waals surface area contributed by atoms with Gasteiger partial charge in [-0.2, -0.15) is 0 Å². The average molecular weight is 290 g/mol. The minimum atomic E-state index is 0.564. The molecule has 1 heterocycles. The van der Waals surface area contributed by atoms with Crippen LogP contribution in [0.15, 0.2) is 18.2 Å². The molecule has 0 amide bonds. The zero-order valence-electron chi connectivity index (χ0n) is 12.6. The second kappa shape index (κ2) is 6.37. The molecule has 0 atom stereocenters. The summed E-state index contributed by atoms with van der Waals surface area (Å²) in [5, 5.41) is 1.05. The van der Waals surface area contributed by atoms with Crippen LogP contribution in [0.1, 0.15) is 30.0 Å². The first-order valence-electron chi connectivity index (χ1n) is 6.88. The van der Waals surface area contributed by atoms with Gasteiger partial charge in [0, 0.05) is 17.0 Å². The summed E-state index contributed by atoms with van der Waals surface area (Å²) in [6.07, 6.45) is 0.984. The Morgan fingerprint density at radius 2 is 2.10 bits per heavy atom. The fourth-order valence-electron chi connectivity index (χ4n) is 2.22. The highest BCUT2D eigenvalue weighted by molar-refractivity contribution is 7.15. The van der Waals surface area contributed by atoms with Crippen molar-refractivity contribution in [3.05, 3.63) is 34.3 Å². The van der Waals surface area contributed by atoms with Crippen molar-refractivity contribution in [1.82, 2.24) is 4.98 Å². The third-order valence-corrected chi connectivity index (χ3v) is 4.38. The molecule has 2 rings (SSSR count). The van der Waals surface area contributed by atoms with Crippen LogP contribution in [0.25, 0.3) is 10.6 Å². The number of nitrogens with zero attached hydrogens (tertiary/aromatic N) is 1. The molecule has 0 radical (unpaired) electrons. The van der Waals surface area contributed by atoms with Crippen LogP contribution in [0.5, 0.6) is 5.75 Å². The number of benzene rings is 1. The zero-order chi connectivity index (χ0) is 14.7. The Morgan fingerprint density at radius 1 is 1.35 bits per heavy atom. The van der Waals surface area contributed by atoms with Gasteiger partial charge in [0.05, 0.1) is 12.8 Å². The quantitative estimate of drug-likeness (QED) is 0.911. The lowest BCUT2D eigenvalue weighted by atomic mass is 10.1. The minimum absolute atomic E-state index is 0.564. The number of ether oxygens (including phenoxy) is 1. The molecule has 0 aliphatic heterocycles. The van der Waals surface area contributed by atoms with Gasteiger partial charge in [-0.3, -0.25) is 0 Å². The lowest BCUT2D eigenvalue weighted by Gasteiger charge is -2.05. The summed E-state index contributed by atoms with van der Waals surface area (Å²) >= 11 is 1.70. The molecule has 0 unspecified atom stereocenters. The number of aryl methyl sites for hydroxylation is 1. The van der Waals surface area contributed by atoms with E-state index in [4.69, 9.17) is 15.5 Å². The fourth-order valence-corrected chi connectivity index (χ4v) is 3.19. The highest BCUT2D eigenvalue weighted by atomic mass is 32.1. The number of thiazole rings is 1. The number of aromatic nitrogens is 1. The van der Waals surface area contributed by atoms with Gasteiger partial charge in [0.15, 0.2) is 0 Å². The number of hydrogen-bond acceptors (Lipinski definition) is 4. The summed E-state index contributed by atoms with van der Waals surface area (Å²) in [7, 11) is 1.69. The first kappa shape index (κ1) is 15.0. The smallest absolute Gasteiger partial charge is 0.123 e. The van der Waals surface area contributed by atoms with E-state index in [0.29, 0.717) is 12.5 Å². The Labute approximate surface area is 124 Å². The Hall–Kier alpha value is -1.39. The summed E-state index contributed by atoms with van der Waals surface area (Å²) in [6, 6.07) is 6.18. The molecule has 0 spiro atoms. The van der Waals surface area contributed by atoms with Crippen molar-refractivity contribution in [2.24, 2.45) is 11.7 Å². The first-order valence-corrected chi connectivity index (χ1v) is 7.70. The Kier molecular flexibility index (Phi) is 4.78. The van der Waals surface area contributed by atoms with Crippen LogP contribution in [0, 0.1) is 12.8 Å². The second-order valence-electron chi connectivity index (χ2n) is 5.38. The van der Waals surface area contributed by atoms with Crippen LogP contribution < -0.4 is 10.5 Å². The van der Waals surface area contributed by atoms with Gasteiger partial charge < -0.3 is 10.5 Å². The van der Waals surface area contributed by atoms with E-state index in [1.54, 1.807) is 18.4 Å². The highest BCUT2D eigenvalue weighted by Gasteiger charge is 2.13. The molecule has 108 valence electrons. The molecule has 0 bridgehead atoms. The molecule has 2 N–H and O–H groups in total. The topological polar surface area (TPSA) is 48.1 Å². The molecule has 2 aromatic rings. The Morgan fingerprint density at radius 3 is 2.65 bits per heavy atom. The zero-order valence-corrected chi connectivity index (χ0v) is 13.4. The normalized spacial score (nSPS) is 11.1.